The third kappa shape index (κ3) is 6.90. The normalized spacial score (nSPS) is 12.0. The quantitative estimate of drug-likeness (QED) is 0.215. The lowest BCUT2D eigenvalue weighted by atomic mass is 10.1. The predicted octanol–water partition coefficient (Wildman–Crippen LogP) is 3.49. The van der Waals surface area contributed by atoms with Gasteiger partial charge in [0.15, 0.2) is 0 Å². The molecular weight excluding hydrogens is 524 g/mol. The van der Waals surface area contributed by atoms with Crippen molar-refractivity contribution in [2.24, 2.45) is 5.73 Å². The van der Waals surface area contributed by atoms with Gasteiger partial charge in [0.1, 0.15) is 6.04 Å². The van der Waals surface area contributed by atoms with Gasteiger partial charge in [-0.1, -0.05) is 29.7 Å². The molecule has 1 aromatic heterocycles. The van der Waals surface area contributed by atoms with Gasteiger partial charge in [-0.05, 0) is 58.6 Å². The van der Waals surface area contributed by atoms with Crippen molar-refractivity contribution < 1.29 is 18.1 Å². The van der Waals surface area contributed by atoms with Crippen LogP contribution < -0.4 is 10.5 Å². The minimum atomic E-state index is -3.73. The van der Waals surface area contributed by atoms with E-state index in [0.29, 0.717) is 17.0 Å². The summed E-state index contributed by atoms with van der Waals surface area (Å²) < 4.78 is 26.7. The highest BCUT2D eigenvalue weighted by molar-refractivity contribution is 7.89. The Morgan fingerprint density at radius 1 is 1.25 bits per heavy atom. The van der Waals surface area contributed by atoms with Gasteiger partial charge in [-0.25, -0.2) is 8.42 Å². The zero-order chi connectivity index (χ0) is 26.3. The number of amides is 1. The van der Waals surface area contributed by atoms with Crippen molar-refractivity contribution in [2.75, 3.05) is 13.1 Å². The topological polar surface area (TPSA) is 136 Å². The average Bonchev–Trinajstić information content (AvgIpc) is 3.39. The van der Waals surface area contributed by atoms with Gasteiger partial charge in [0.05, 0.1) is 28.5 Å². The van der Waals surface area contributed by atoms with Gasteiger partial charge in [0.25, 0.3) is 5.69 Å². The Morgan fingerprint density at radius 2 is 1.97 bits per heavy atom. The lowest BCUT2D eigenvalue weighted by Gasteiger charge is -2.26. The maximum Gasteiger partial charge on any atom is 0.274 e. The van der Waals surface area contributed by atoms with Crippen LogP contribution in [0.15, 0.2) is 64.2 Å². The number of terminal acetylenes is 1. The predicted molar refractivity (Wildman–Crippen MR) is 139 cm³/mol. The zero-order valence-corrected chi connectivity index (χ0v) is 21.4. The fourth-order valence-electron chi connectivity index (χ4n) is 3.44. The van der Waals surface area contributed by atoms with Crippen LogP contribution in [0.4, 0.5) is 5.69 Å². The minimum Gasteiger partial charge on any atom is -0.336 e. The van der Waals surface area contributed by atoms with E-state index >= 15 is 0 Å². The van der Waals surface area contributed by atoms with Gasteiger partial charge >= 0.3 is 0 Å². The standard InChI is InChI=1S/C24H23ClN4O5S2/c1-2-11-27-36(33,34)21-6-3-17(4-7-21)9-12-28(24(30)23(26)18-10-13-35-16-18)15-19-14-20(25)5-8-22(19)29(31)32/h1,3-8,10,13-14,16,23,27H,9,11-12,15,26H2/t23-/m0/s1. The van der Waals surface area contributed by atoms with Gasteiger partial charge in [-0.15, -0.1) is 6.42 Å². The molecule has 0 unspecified atom stereocenters. The number of hydrogen-bond acceptors (Lipinski definition) is 7. The maximum absolute atomic E-state index is 13.3. The fraction of sp³-hybridized carbons (Fsp3) is 0.208. The van der Waals surface area contributed by atoms with Crippen LogP contribution >= 0.6 is 22.9 Å². The smallest absolute Gasteiger partial charge is 0.274 e. The third-order valence-electron chi connectivity index (χ3n) is 5.35. The Balaban J connectivity index is 1.83. The Labute approximate surface area is 218 Å². The van der Waals surface area contributed by atoms with Crippen molar-refractivity contribution in [2.45, 2.75) is 23.9 Å². The lowest BCUT2D eigenvalue weighted by Crippen LogP contribution is -2.39. The van der Waals surface area contributed by atoms with E-state index in [9.17, 15) is 23.3 Å². The first-order valence-electron chi connectivity index (χ1n) is 10.6. The molecule has 12 heteroatoms. The highest BCUT2D eigenvalue weighted by Gasteiger charge is 2.26. The molecular formula is C24H23ClN4O5S2. The molecule has 36 heavy (non-hydrogen) atoms. The van der Waals surface area contributed by atoms with Crippen molar-refractivity contribution in [3.63, 3.8) is 0 Å². The van der Waals surface area contributed by atoms with Crippen LogP contribution in [-0.2, 0) is 27.8 Å². The number of rotatable bonds is 11. The zero-order valence-electron chi connectivity index (χ0n) is 19.0. The summed E-state index contributed by atoms with van der Waals surface area (Å²) >= 11 is 7.48. The monoisotopic (exact) mass is 546 g/mol. The Kier molecular flexibility index (Phi) is 9.19. The number of carbonyl (C=O) groups excluding carboxylic acids is 1. The van der Waals surface area contributed by atoms with Crippen molar-refractivity contribution in [1.29, 1.82) is 0 Å². The molecule has 2 aromatic carbocycles. The van der Waals surface area contributed by atoms with E-state index in [4.69, 9.17) is 23.8 Å². The van der Waals surface area contributed by atoms with Crippen LogP contribution in [0, 0.1) is 22.5 Å². The second kappa shape index (κ2) is 12.1. The molecule has 0 saturated heterocycles. The largest absolute Gasteiger partial charge is 0.336 e. The van der Waals surface area contributed by atoms with E-state index in [1.54, 1.807) is 23.6 Å². The SMILES string of the molecule is C#CCNS(=O)(=O)c1ccc(CCN(Cc2cc(Cl)ccc2[N+](=O)[O-])C(=O)[C@@H](N)c2ccsc2)cc1. The van der Waals surface area contributed by atoms with E-state index in [0.717, 1.165) is 5.56 Å². The van der Waals surface area contributed by atoms with Crippen LogP contribution in [0.25, 0.3) is 0 Å². The summed E-state index contributed by atoms with van der Waals surface area (Å²) in [7, 11) is -3.73. The first-order chi connectivity index (χ1) is 17.1. The second-order valence-corrected chi connectivity index (χ2v) is 10.7. The van der Waals surface area contributed by atoms with Gasteiger partial charge < -0.3 is 10.6 Å². The van der Waals surface area contributed by atoms with E-state index < -0.39 is 26.9 Å². The summed E-state index contributed by atoms with van der Waals surface area (Å²) in [5, 5.41) is 15.4. The number of benzene rings is 2. The highest BCUT2D eigenvalue weighted by Crippen LogP contribution is 2.26. The number of nitrogens with one attached hydrogen (secondary N) is 1. The fourth-order valence-corrected chi connectivity index (χ4v) is 5.27. The van der Waals surface area contributed by atoms with E-state index in [1.165, 1.54) is 46.6 Å². The molecule has 3 N–H and O–H groups in total. The van der Waals surface area contributed by atoms with E-state index in [2.05, 4.69) is 10.6 Å². The van der Waals surface area contributed by atoms with Crippen LogP contribution in [0.1, 0.15) is 22.7 Å². The summed E-state index contributed by atoms with van der Waals surface area (Å²) in [5.74, 6) is 1.81. The summed E-state index contributed by atoms with van der Waals surface area (Å²) in [6.07, 6.45) is 5.47. The van der Waals surface area contributed by atoms with E-state index in [1.807, 2.05) is 5.38 Å². The molecule has 0 aliphatic carbocycles. The van der Waals surface area contributed by atoms with Gasteiger partial charge in [-0.3, -0.25) is 14.9 Å². The maximum atomic E-state index is 13.3. The number of carbonyl (C=O) groups is 1. The third-order valence-corrected chi connectivity index (χ3v) is 7.70. The molecule has 0 radical (unpaired) electrons. The molecule has 3 rings (SSSR count). The molecule has 1 atom stereocenters. The van der Waals surface area contributed by atoms with Crippen LogP contribution in [-0.4, -0.2) is 37.2 Å². The van der Waals surface area contributed by atoms with Crippen molar-refractivity contribution in [1.82, 2.24) is 9.62 Å². The molecule has 1 heterocycles. The Morgan fingerprint density at radius 3 is 2.58 bits per heavy atom. The molecule has 188 valence electrons. The summed E-state index contributed by atoms with van der Waals surface area (Å²) in [6.45, 7) is -0.0149. The van der Waals surface area contributed by atoms with Gasteiger partial charge in [0.2, 0.25) is 15.9 Å². The Hall–Kier alpha value is -3.27. The number of nitrogens with zero attached hydrogens (tertiary/aromatic N) is 2. The lowest BCUT2D eigenvalue weighted by molar-refractivity contribution is -0.385. The molecule has 0 aliphatic heterocycles. The number of nitrogens with two attached hydrogens (primary N) is 1. The van der Waals surface area contributed by atoms with Crippen molar-refractivity contribution in [3.05, 3.63) is 91.1 Å². The molecule has 3 aromatic rings. The van der Waals surface area contributed by atoms with Crippen molar-refractivity contribution >= 4 is 44.6 Å². The van der Waals surface area contributed by atoms with Gasteiger partial charge in [-0.2, -0.15) is 16.1 Å². The summed E-state index contributed by atoms with van der Waals surface area (Å²) in [6, 6.07) is 11.1. The summed E-state index contributed by atoms with van der Waals surface area (Å²) in [5.41, 5.74) is 7.73. The molecule has 0 bridgehead atoms. The average molecular weight is 547 g/mol. The number of halogens is 1. The summed E-state index contributed by atoms with van der Waals surface area (Å²) in [4.78, 5) is 25.8. The van der Waals surface area contributed by atoms with Crippen molar-refractivity contribution in [3.8, 4) is 12.3 Å². The van der Waals surface area contributed by atoms with Crippen LogP contribution in [0.5, 0.6) is 0 Å². The molecule has 0 fully saturated rings. The second-order valence-electron chi connectivity index (χ2n) is 7.75. The molecule has 0 aliphatic rings. The number of nitro groups is 1. The Bertz CT molecular complexity index is 1370. The first kappa shape index (κ1) is 27.3. The molecule has 0 saturated carbocycles. The number of thiophene rings is 1. The van der Waals surface area contributed by atoms with E-state index in [-0.39, 0.29) is 35.8 Å². The number of hydrogen-bond donors (Lipinski definition) is 2. The number of nitro benzene ring substituents is 1. The minimum absolute atomic E-state index is 0.0588. The molecule has 1 amide bonds. The van der Waals surface area contributed by atoms with Crippen LogP contribution in [0.3, 0.4) is 0 Å². The molecule has 0 spiro atoms. The molecule has 9 nitrogen and oxygen atoms in total. The first-order valence-corrected chi connectivity index (χ1v) is 13.4. The number of sulfonamides is 1. The highest BCUT2D eigenvalue weighted by atomic mass is 35.5. The van der Waals surface area contributed by atoms with Crippen LogP contribution in [0.2, 0.25) is 5.02 Å². The van der Waals surface area contributed by atoms with Gasteiger partial charge in [0, 0.05) is 17.6 Å².